The Morgan fingerprint density at radius 2 is 2.32 bits per heavy atom. The molecule has 1 aliphatic rings. The smallest absolute Gasteiger partial charge is 0.124 e. The number of piperidine rings is 1. The molecule has 4 heteroatoms. The topological polar surface area (TPSA) is 29.3 Å². The van der Waals surface area contributed by atoms with Crippen LogP contribution in [0.4, 0.5) is 4.39 Å². The minimum Gasteiger partial charge on any atom is -0.330 e. The zero-order chi connectivity index (χ0) is 13.8. The maximum absolute atomic E-state index is 13.1. The van der Waals surface area contributed by atoms with Crippen LogP contribution in [0.1, 0.15) is 37.8 Å². The first-order chi connectivity index (χ1) is 9.11. The molecule has 1 aliphatic heterocycles. The molecule has 2 rings (SSSR count). The Morgan fingerprint density at radius 3 is 3.00 bits per heavy atom. The van der Waals surface area contributed by atoms with E-state index in [0.717, 1.165) is 31.6 Å². The molecule has 2 nitrogen and oxygen atoms in total. The van der Waals surface area contributed by atoms with Crippen molar-refractivity contribution in [2.75, 3.05) is 19.6 Å². The number of likely N-dealkylation sites (tertiary alicyclic amines) is 1. The summed E-state index contributed by atoms with van der Waals surface area (Å²) in [7, 11) is 0. The number of nitrogens with zero attached hydrogens (tertiary/aromatic N) is 1. The lowest BCUT2D eigenvalue weighted by atomic mass is 9.93. The summed E-state index contributed by atoms with van der Waals surface area (Å²) in [6.07, 6.45) is 3.55. The van der Waals surface area contributed by atoms with E-state index in [2.05, 4.69) is 11.8 Å². The van der Waals surface area contributed by atoms with Gasteiger partial charge in [0.05, 0.1) is 0 Å². The number of hydrogen-bond donors (Lipinski definition) is 1. The van der Waals surface area contributed by atoms with E-state index < -0.39 is 0 Å². The SMILES string of the molecule is CC(c1ccc(F)cc1Cl)N1CCCC(CCN)C1. The fourth-order valence-electron chi connectivity index (χ4n) is 2.96. The first kappa shape index (κ1) is 14.8. The molecule has 0 radical (unpaired) electrons. The van der Waals surface area contributed by atoms with E-state index in [-0.39, 0.29) is 11.9 Å². The highest BCUT2D eigenvalue weighted by Crippen LogP contribution is 2.31. The lowest BCUT2D eigenvalue weighted by Gasteiger charge is -2.37. The van der Waals surface area contributed by atoms with Crippen molar-refractivity contribution in [1.82, 2.24) is 4.90 Å². The average molecular weight is 285 g/mol. The summed E-state index contributed by atoms with van der Waals surface area (Å²) >= 11 is 6.15. The van der Waals surface area contributed by atoms with Gasteiger partial charge in [-0.2, -0.15) is 0 Å². The first-order valence-electron chi connectivity index (χ1n) is 7.01. The van der Waals surface area contributed by atoms with Crippen LogP contribution in [0.2, 0.25) is 5.02 Å². The van der Waals surface area contributed by atoms with Crippen LogP contribution >= 0.6 is 11.6 Å². The summed E-state index contributed by atoms with van der Waals surface area (Å²) in [5.41, 5.74) is 6.66. The molecule has 0 bridgehead atoms. The summed E-state index contributed by atoms with van der Waals surface area (Å²) in [6.45, 7) is 5.04. The molecular formula is C15H22ClFN2. The number of benzene rings is 1. The summed E-state index contributed by atoms with van der Waals surface area (Å²) in [5, 5.41) is 0.522. The van der Waals surface area contributed by atoms with Gasteiger partial charge in [0.2, 0.25) is 0 Å². The number of halogens is 2. The van der Waals surface area contributed by atoms with E-state index in [4.69, 9.17) is 17.3 Å². The molecule has 0 amide bonds. The molecule has 2 atom stereocenters. The largest absolute Gasteiger partial charge is 0.330 e. The van der Waals surface area contributed by atoms with Crippen LogP contribution in [-0.4, -0.2) is 24.5 Å². The highest BCUT2D eigenvalue weighted by Gasteiger charge is 2.25. The van der Waals surface area contributed by atoms with Crippen molar-refractivity contribution in [3.63, 3.8) is 0 Å². The van der Waals surface area contributed by atoms with E-state index in [1.54, 1.807) is 6.07 Å². The lowest BCUT2D eigenvalue weighted by Crippen LogP contribution is -2.38. The quantitative estimate of drug-likeness (QED) is 0.915. The van der Waals surface area contributed by atoms with Gasteiger partial charge in [-0.1, -0.05) is 17.7 Å². The summed E-state index contributed by atoms with van der Waals surface area (Å²) in [5.74, 6) is 0.404. The van der Waals surface area contributed by atoms with Gasteiger partial charge in [0.1, 0.15) is 5.82 Å². The van der Waals surface area contributed by atoms with Gasteiger partial charge < -0.3 is 5.73 Å². The van der Waals surface area contributed by atoms with Gasteiger partial charge >= 0.3 is 0 Å². The van der Waals surface area contributed by atoms with E-state index >= 15 is 0 Å². The molecule has 1 heterocycles. The van der Waals surface area contributed by atoms with Crippen LogP contribution in [0, 0.1) is 11.7 Å². The van der Waals surface area contributed by atoms with Gasteiger partial charge in [-0.15, -0.1) is 0 Å². The Bertz CT molecular complexity index is 423. The summed E-state index contributed by atoms with van der Waals surface area (Å²) < 4.78 is 13.1. The molecule has 1 aromatic rings. The Balaban J connectivity index is 2.07. The van der Waals surface area contributed by atoms with Crippen LogP contribution in [0.3, 0.4) is 0 Å². The highest BCUT2D eigenvalue weighted by atomic mass is 35.5. The van der Waals surface area contributed by atoms with Crippen molar-refractivity contribution in [3.05, 3.63) is 34.6 Å². The van der Waals surface area contributed by atoms with Crippen LogP contribution in [0.15, 0.2) is 18.2 Å². The predicted molar refractivity (Wildman–Crippen MR) is 77.8 cm³/mol. The summed E-state index contributed by atoms with van der Waals surface area (Å²) in [6, 6.07) is 4.91. The zero-order valence-electron chi connectivity index (χ0n) is 11.4. The molecule has 0 saturated carbocycles. The molecule has 0 spiro atoms. The second-order valence-electron chi connectivity index (χ2n) is 5.42. The van der Waals surface area contributed by atoms with E-state index in [1.807, 2.05) is 0 Å². The van der Waals surface area contributed by atoms with Gasteiger partial charge in [-0.05, 0) is 62.9 Å². The minimum absolute atomic E-state index is 0.230. The molecular weight excluding hydrogens is 263 g/mol. The van der Waals surface area contributed by atoms with E-state index in [0.29, 0.717) is 10.9 Å². The normalized spacial score (nSPS) is 22.4. The minimum atomic E-state index is -0.277. The van der Waals surface area contributed by atoms with E-state index in [1.165, 1.54) is 25.0 Å². The molecule has 1 aromatic carbocycles. The second-order valence-corrected chi connectivity index (χ2v) is 5.83. The maximum Gasteiger partial charge on any atom is 0.124 e. The number of nitrogens with two attached hydrogens (primary N) is 1. The average Bonchev–Trinajstić information content (AvgIpc) is 2.39. The Kier molecular flexibility index (Phi) is 5.20. The van der Waals surface area contributed by atoms with Crippen LogP contribution in [0.5, 0.6) is 0 Å². The molecule has 19 heavy (non-hydrogen) atoms. The lowest BCUT2D eigenvalue weighted by molar-refractivity contribution is 0.128. The van der Waals surface area contributed by atoms with Crippen molar-refractivity contribution >= 4 is 11.6 Å². The van der Waals surface area contributed by atoms with Crippen molar-refractivity contribution in [3.8, 4) is 0 Å². The van der Waals surface area contributed by atoms with Crippen molar-refractivity contribution < 1.29 is 4.39 Å². The summed E-state index contributed by atoms with van der Waals surface area (Å²) in [4.78, 5) is 2.43. The number of hydrogen-bond acceptors (Lipinski definition) is 2. The monoisotopic (exact) mass is 284 g/mol. The Morgan fingerprint density at radius 1 is 1.53 bits per heavy atom. The van der Waals surface area contributed by atoms with Gasteiger partial charge in [0.25, 0.3) is 0 Å². The van der Waals surface area contributed by atoms with Crippen molar-refractivity contribution in [1.29, 1.82) is 0 Å². The molecule has 106 valence electrons. The van der Waals surface area contributed by atoms with Crippen molar-refractivity contribution in [2.24, 2.45) is 11.7 Å². The van der Waals surface area contributed by atoms with Gasteiger partial charge in [-0.25, -0.2) is 4.39 Å². The molecule has 0 aliphatic carbocycles. The van der Waals surface area contributed by atoms with Gasteiger partial charge in [0, 0.05) is 17.6 Å². The van der Waals surface area contributed by atoms with Gasteiger partial charge in [0.15, 0.2) is 0 Å². The van der Waals surface area contributed by atoms with Gasteiger partial charge in [-0.3, -0.25) is 4.90 Å². The van der Waals surface area contributed by atoms with E-state index in [9.17, 15) is 4.39 Å². The first-order valence-corrected chi connectivity index (χ1v) is 7.38. The Labute approximate surface area is 119 Å². The van der Waals surface area contributed by atoms with Crippen LogP contribution < -0.4 is 5.73 Å². The maximum atomic E-state index is 13.1. The van der Waals surface area contributed by atoms with Crippen LogP contribution in [-0.2, 0) is 0 Å². The molecule has 2 N–H and O–H groups in total. The zero-order valence-corrected chi connectivity index (χ0v) is 12.2. The fraction of sp³-hybridized carbons (Fsp3) is 0.600. The third-order valence-electron chi connectivity index (χ3n) is 4.09. The molecule has 2 unspecified atom stereocenters. The fourth-order valence-corrected chi connectivity index (χ4v) is 3.28. The third kappa shape index (κ3) is 3.68. The highest BCUT2D eigenvalue weighted by molar-refractivity contribution is 6.31. The third-order valence-corrected chi connectivity index (χ3v) is 4.41. The second kappa shape index (κ2) is 6.69. The van der Waals surface area contributed by atoms with Crippen molar-refractivity contribution in [2.45, 2.75) is 32.2 Å². The predicted octanol–water partition coefficient (Wildman–Crippen LogP) is 3.60. The molecule has 1 saturated heterocycles. The Hall–Kier alpha value is -0.640. The number of rotatable bonds is 4. The molecule has 1 fully saturated rings. The standard InChI is InChI=1S/C15H22ClFN2/c1-11(14-5-4-13(17)9-15(14)16)19-8-2-3-12(10-19)6-7-18/h4-5,9,11-12H,2-3,6-8,10,18H2,1H3. The molecule has 0 aromatic heterocycles. The van der Waals surface area contributed by atoms with Crippen LogP contribution in [0.25, 0.3) is 0 Å².